The molecule has 1 aromatic carbocycles. The molecule has 1 saturated heterocycles. The average Bonchev–Trinajstić information content (AvgIpc) is 2.68. The van der Waals surface area contributed by atoms with Gasteiger partial charge < -0.3 is 10.7 Å². The molecule has 1 amide bonds. The second-order valence-electron chi connectivity index (χ2n) is 6.14. The van der Waals surface area contributed by atoms with Gasteiger partial charge in [0.2, 0.25) is 5.95 Å². The number of carbonyl (C=O) groups excluding carboxylic acids is 1. The molecule has 0 spiro atoms. The quantitative estimate of drug-likeness (QED) is 0.630. The normalized spacial score (nSPS) is 17.9. The second-order valence-corrected chi connectivity index (χ2v) is 6.14. The summed E-state index contributed by atoms with van der Waals surface area (Å²) in [5.41, 5.74) is -0.0388. The number of nitrogens with zero attached hydrogens (tertiary/aromatic N) is 5. The van der Waals surface area contributed by atoms with Crippen LogP contribution in [0.2, 0.25) is 0 Å². The number of aromatic nitrogens is 2. The Morgan fingerprint density at radius 3 is 2.54 bits per heavy atom. The van der Waals surface area contributed by atoms with Crippen LogP contribution in [-0.4, -0.2) is 45.3 Å². The zero-order chi connectivity index (χ0) is 20.3. The van der Waals surface area contributed by atoms with E-state index in [1.165, 1.54) is 24.0 Å². The highest BCUT2D eigenvalue weighted by atomic mass is 19.4. The number of hydrazone groups is 1. The summed E-state index contributed by atoms with van der Waals surface area (Å²) in [4.78, 5) is 26.5. The van der Waals surface area contributed by atoms with Gasteiger partial charge in [-0.3, -0.25) is 4.79 Å². The first kappa shape index (κ1) is 19.5. The van der Waals surface area contributed by atoms with Crippen molar-refractivity contribution in [2.45, 2.75) is 19.5 Å². The number of likely N-dealkylation sites (tertiary alicyclic amines) is 1. The molecule has 0 bridgehead atoms. The average molecular weight is 390 g/mol. The molecule has 3 rings (SSSR count). The van der Waals surface area contributed by atoms with Gasteiger partial charge in [0, 0.05) is 30.9 Å². The summed E-state index contributed by atoms with van der Waals surface area (Å²) in [6.07, 6.45) is -1.11. The van der Waals surface area contributed by atoms with E-state index in [9.17, 15) is 18.0 Å². The van der Waals surface area contributed by atoms with Crippen molar-refractivity contribution in [1.29, 1.82) is 0 Å². The standard InChI is InChI=1S/C18H17F3N6O/c1-11-12(4-2-5-13(11)18(19,20)21)16(28)27-9-6-14(15(10-27)26-22)25-17-23-7-3-8-24-17/h2-5,7-8H,6,9-10,22H2,1H3. The smallest absolute Gasteiger partial charge is 0.332 e. The van der Waals surface area contributed by atoms with Gasteiger partial charge in [0.05, 0.1) is 17.8 Å². The van der Waals surface area contributed by atoms with Crippen LogP contribution in [0.25, 0.3) is 0 Å². The number of rotatable bonds is 2. The number of piperidine rings is 1. The first-order chi connectivity index (χ1) is 13.3. The number of hydrogen-bond acceptors (Lipinski definition) is 6. The van der Waals surface area contributed by atoms with E-state index in [-0.39, 0.29) is 30.2 Å². The highest BCUT2D eigenvalue weighted by Crippen LogP contribution is 2.33. The third kappa shape index (κ3) is 4.00. The number of nitrogens with two attached hydrogens (primary N) is 1. The Kier molecular flexibility index (Phi) is 5.39. The van der Waals surface area contributed by atoms with Crippen LogP contribution in [0.1, 0.15) is 27.9 Å². The largest absolute Gasteiger partial charge is 0.416 e. The van der Waals surface area contributed by atoms with Gasteiger partial charge in [0.1, 0.15) is 5.71 Å². The number of benzene rings is 1. The monoisotopic (exact) mass is 390 g/mol. The molecule has 28 heavy (non-hydrogen) atoms. The fourth-order valence-corrected chi connectivity index (χ4v) is 2.96. The number of amides is 1. The third-order valence-corrected chi connectivity index (χ3v) is 4.39. The van der Waals surface area contributed by atoms with E-state index in [2.05, 4.69) is 20.1 Å². The highest BCUT2D eigenvalue weighted by Gasteiger charge is 2.35. The maximum Gasteiger partial charge on any atom is 0.416 e. The van der Waals surface area contributed by atoms with Crippen molar-refractivity contribution < 1.29 is 18.0 Å². The molecule has 0 radical (unpaired) electrons. The predicted octanol–water partition coefficient (Wildman–Crippen LogP) is 2.74. The van der Waals surface area contributed by atoms with Crippen LogP contribution < -0.4 is 5.84 Å². The van der Waals surface area contributed by atoms with Crippen LogP contribution in [0.4, 0.5) is 19.1 Å². The predicted molar refractivity (Wildman–Crippen MR) is 97.5 cm³/mol. The minimum absolute atomic E-state index is 0.00187. The Labute approximate surface area is 158 Å². The fourth-order valence-electron chi connectivity index (χ4n) is 2.96. The van der Waals surface area contributed by atoms with Gasteiger partial charge >= 0.3 is 6.18 Å². The van der Waals surface area contributed by atoms with Gasteiger partial charge in [-0.05, 0) is 30.7 Å². The van der Waals surface area contributed by atoms with Gasteiger partial charge in [-0.15, -0.1) is 0 Å². The third-order valence-electron chi connectivity index (χ3n) is 4.39. The van der Waals surface area contributed by atoms with E-state index in [1.807, 2.05) is 0 Å². The maximum absolute atomic E-state index is 13.1. The molecule has 1 aliphatic heterocycles. The molecule has 1 aliphatic rings. The number of carbonyl (C=O) groups is 1. The van der Waals surface area contributed by atoms with E-state index >= 15 is 0 Å². The van der Waals surface area contributed by atoms with E-state index in [4.69, 9.17) is 5.84 Å². The van der Waals surface area contributed by atoms with Crippen molar-refractivity contribution in [1.82, 2.24) is 14.9 Å². The van der Waals surface area contributed by atoms with Gasteiger partial charge in [-0.2, -0.15) is 18.3 Å². The molecule has 2 aromatic rings. The summed E-state index contributed by atoms with van der Waals surface area (Å²) in [6, 6.07) is 5.22. The van der Waals surface area contributed by atoms with E-state index < -0.39 is 17.6 Å². The molecule has 0 saturated carbocycles. The number of alkyl halides is 3. The van der Waals surface area contributed by atoms with Crippen LogP contribution >= 0.6 is 0 Å². The van der Waals surface area contributed by atoms with E-state index in [1.54, 1.807) is 18.5 Å². The number of aliphatic imine (C=N–C) groups is 1. The minimum Gasteiger partial charge on any atom is -0.332 e. The Morgan fingerprint density at radius 2 is 1.89 bits per heavy atom. The van der Waals surface area contributed by atoms with Crippen molar-refractivity contribution in [3.63, 3.8) is 0 Å². The minimum atomic E-state index is -4.53. The first-order valence-electron chi connectivity index (χ1n) is 8.39. The Hall–Kier alpha value is -3.30. The second kappa shape index (κ2) is 7.75. The van der Waals surface area contributed by atoms with Gasteiger partial charge in [0.25, 0.3) is 5.91 Å². The van der Waals surface area contributed by atoms with Gasteiger partial charge in [0.15, 0.2) is 0 Å². The number of halogens is 3. The number of hydrogen-bond donors (Lipinski definition) is 1. The van der Waals surface area contributed by atoms with Crippen LogP contribution in [-0.2, 0) is 6.18 Å². The van der Waals surface area contributed by atoms with Gasteiger partial charge in [-0.1, -0.05) is 6.07 Å². The van der Waals surface area contributed by atoms with Crippen molar-refractivity contribution >= 4 is 23.3 Å². The van der Waals surface area contributed by atoms with Crippen LogP contribution in [0.5, 0.6) is 0 Å². The molecule has 146 valence electrons. The molecule has 0 atom stereocenters. The Morgan fingerprint density at radius 1 is 1.18 bits per heavy atom. The topological polar surface area (TPSA) is 96.8 Å². The molecule has 2 heterocycles. The van der Waals surface area contributed by atoms with Crippen LogP contribution in [0.15, 0.2) is 46.8 Å². The molecule has 10 heteroatoms. The molecule has 1 aromatic heterocycles. The van der Waals surface area contributed by atoms with Crippen molar-refractivity contribution in [3.05, 3.63) is 53.3 Å². The molecular weight excluding hydrogens is 373 g/mol. The first-order valence-corrected chi connectivity index (χ1v) is 8.39. The molecule has 2 N–H and O–H groups in total. The van der Waals surface area contributed by atoms with E-state index in [0.29, 0.717) is 17.8 Å². The molecule has 7 nitrogen and oxygen atoms in total. The van der Waals surface area contributed by atoms with Crippen LogP contribution in [0.3, 0.4) is 0 Å². The zero-order valence-corrected chi connectivity index (χ0v) is 14.9. The maximum atomic E-state index is 13.1. The lowest BCUT2D eigenvalue weighted by atomic mass is 9.99. The summed E-state index contributed by atoms with van der Waals surface area (Å²) in [6.45, 7) is 1.59. The van der Waals surface area contributed by atoms with E-state index in [0.717, 1.165) is 6.07 Å². The van der Waals surface area contributed by atoms with Crippen LogP contribution in [0, 0.1) is 6.92 Å². The Bertz CT molecular complexity index is 940. The highest BCUT2D eigenvalue weighted by molar-refractivity contribution is 6.44. The van der Waals surface area contributed by atoms with Crippen molar-refractivity contribution in [3.8, 4) is 0 Å². The lowest BCUT2D eigenvalue weighted by Gasteiger charge is -2.29. The van der Waals surface area contributed by atoms with Crippen molar-refractivity contribution in [2.24, 2.45) is 15.9 Å². The Balaban J connectivity index is 1.84. The summed E-state index contributed by atoms with van der Waals surface area (Å²) >= 11 is 0. The molecule has 1 fully saturated rings. The lowest BCUT2D eigenvalue weighted by Crippen LogP contribution is -2.45. The SMILES string of the molecule is Cc1c(C(=O)N2CCC(=Nc3ncccn3)C(=NN)C2)cccc1C(F)(F)F. The zero-order valence-electron chi connectivity index (χ0n) is 14.9. The molecular formula is C18H17F3N6O. The summed E-state index contributed by atoms with van der Waals surface area (Å²) < 4.78 is 39.4. The fraction of sp³-hybridized carbons (Fsp3) is 0.278. The summed E-state index contributed by atoms with van der Waals surface area (Å²) in [5, 5.41) is 3.69. The van der Waals surface area contributed by atoms with Gasteiger partial charge in [-0.25, -0.2) is 15.0 Å². The summed E-state index contributed by atoms with van der Waals surface area (Å²) in [7, 11) is 0. The van der Waals surface area contributed by atoms with Crippen molar-refractivity contribution in [2.75, 3.05) is 13.1 Å². The molecule has 0 unspecified atom stereocenters. The summed E-state index contributed by atoms with van der Waals surface area (Å²) in [5.74, 6) is 5.17. The molecule has 0 aliphatic carbocycles. The lowest BCUT2D eigenvalue weighted by molar-refractivity contribution is -0.138.